The lowest BCUT2D eigenvalue weighted by atomic mass is 9.96. The number of hydrogen-bond donors (Lipinski definition) is 1. The molecule has 0 amide bonds. The second-order valence-electron chi connectivity index (χ2n) is 5.67. The molecule has 0 fully saturated rings. The summed E-state index contributed by atoms with van der Waals surface area (Å²) in [6, 6.07) is 0.731. The van der Waals surface area contributed by atoms with Gasteiger partial charge in [-0.1, -0.05) is 38.8 Å². The summed E-state index contributed by atoms with van der Waals surface area (Å²) >= 11 is 0. The number of nitrogens with one attached hydrogen (secondary N) is 1. The highest BCUT2D eigenvalue weighted by Gasteiger charge is 2.10. The fraction of sp³-hybridized carbons (Fsp3) is 0.875. The number of hydrogen-bond acceptors (Lipinski definition) is 1. The number of rotatable bonds is 8. The lowest BCUT2D eigenvalue weighted by Gasteiger charge is -2.21. The van der Waals surface area contributed by atoms with E-state index >= 15 is 0 Å². The van der Waals surface area contributed by atoms with E-state index < -0.39 is 0 Å². The quantitative estimate of drug-likeness (QED) is 0.604. The molecule has 0 aliphatic heterocycles. The first kappa shape index (κ1) is 14.8. The van der Waals surface area contributed by atoms with Crippen LogP contribution in [-0.2, 0) is 0 Å². The lowest BCUT2D eigenvalue weighted by Crippen LogP contribution is -2.31. The molecule has 1 nitrogen and oxygen atoms in total. The van der Waals surface area contributed by atoms with Gasteiger partial charge < -0.3 is 5.32 Å². The topological polar surface area (TPSA) is 12.0 Å². The minimum atomic E-state index is 0.731. The predicted molar refractivity (Wildman–Crippen MR) is 77.3 cm³/mol. The highest BCUT2D eigenvalue weighted by molar-refractivity contribution is 5.05. The SMILES string of the molecule is CCC(C)CC(CC)NCCC1=CCCCC1. The van der Waals surface area contributed by atoms with Crippen molar-refractivity contribution in [3.05, 3.63) is 11.6 Å². The van der Waals surface area contributed by atoms with Gasteiger partial charge in [0.2, 0.25) is 0 Å². The highest BCUT2D eigenvalue weighted by atomic mass is 14.9. The second kappa shape index (κ2) is 8.74. The Morgan fingerprint density at radius 3 is 2.65 bits per heavy atom. The van der Waals surface area contributed by atoms with Crippen molar-refractivity contribution in [3.63, 3.8) is 0 Å². The van der Waals surface area contributed by atoms with Gasteiger partial charge in [-0.2, -0.15) is 0 Å². The van der Waals surface area contributed by atoms with Crippen LogP contribution in [0.4, 0.5) is 0 Å². The molecule has 1 aliphatic rings. The van der Waals surface area contributed by atoms with Crippen LogP contribution in [-0.4, -0.2) is 12.6 Å². The van der Waals surface area contributed by atoms with E-state index in [-0.39, 0.29) is 0 Å². The van der Waals surface area contributed by atoms with Gasteiger partial charge in [-0.3, -0.25) is 0 Å². The maximum Gasteiger partial charge on any atom is 0.00670 e. The third-order valence-electron chi connectivity index (χ3n) is 4.14. The van der Waals surface area contributed by atoms with Gasteiger partial charge in [-0.15, -0.1) is 0 Å². The molecular formula is C16H31N. The Kier molecular flexibility index (Phi) is 7.59. The summed E-state index contributed by atoms with van der Waals surface area (Å²) in [6.45, 7) is 8.15. The lowest BCUT2D eigenvalue weighted by molar-refractivity contribution is 0.386. The molecule has 0 aromatic heterocycles. The molecule has 0 saturated heterocycles. The van der Waals surface area contributed by atoms with Crippen molar-refractivity contribution in [2.24, 2.45) is 5.92 Å². The first-order valence-corrected chi connectivity index (χ1v) is 7.67. The Balaban J connectivity index is 2.16. The highest BCUT2D eigenvalue weighted by Crippen LogP contribution is 2.19. The summed E-state index contributed by atoms with van der Waals surface area (Å²) in [6.07, 6.45) is 13.2. The molecule has 1 heteroatoms. The van der Waals surface area contributed by atoms with E-state index in [0.29, 0.717) is 0 Å². The van der Waals surface area contributed by atoms with Crippen LogP contribution in [0.15, 0.2) is 11.6 Å². The minimum Gasteiger partial charge on any atom is -0.314 e. The first-order valence-electron chi connectivity index (χ1n) is 7.67. The summed E-state index contributed by atoms with van der Waals surface area (Å²) in [5, 5.41) is 3.74. The van der Waals surface area contributed by atoms with Crippen LogP contribution < -0.4 is 5.32 Å². The summed E-state index contributed by atoms with van der Waals surface area (Å²) in [5.41, 5.74) is 1.70. The van der Waals surface area contributed by atoms with Crippen LogP contribution in [0.25, 0.3) is 0 Å². The summed E-state index contributed by atoms with van der Waals surface area (Å²) in [7, 11) is 0. The maximum absolute atomic E-state index is 3.74. The Bertz CT molecular complexity index is 220. The van der Waals surface area contributed by atoms with Crippen LogP contribution in [0.3, 0.4) is 0 Å². The monoisotopic (exact) mass is 237 g/mol. The standard InChI is InChI=1S/C16H31N/c1-4-14(3)13-16(5-2)17-12-11-15-9-7-6-8-10-15/h9,14,16-17H,4-8,10-13H2,1-3H3. The van der Waals surface area contributed by atoms with Crippen LogP contribution in [0.5, 0.6) is 0 Å². The summed E-state index contributed by atoms with van der Waals surface area (Å²) in [4.78, 5) is 0. The van der Waals surface area contributed by atoms with E-state index in [0.717, 1.165) is 12.0 Å². The van der Waals surface area contributed by atoms with Crippen molar-refractivity contribution in [2.75, 3.05) is 6.54 Å². The molecule has 1 aliphatic carbocycles. The van der Waals surface area contributed by atoms with Crippen molar-refractivity contribution in [2.45, 2.75) is 78.2 Å². The van der Waals surface area contributed by atoms with Gasteiger partial charge in [-0.25, -0.2) is 0 Å². The van der Waals surface area contributed by atoms with Crippen molar-refractivity contribution < 1.29 is 0 Å². The van der Waals surface area contributed by atoms with Crippen molar-refractivity contribution in [1.29, 1.82) is 0 Å². The molecule has 0 saturated carbocycles. The third-order valence-corrected chi connectivity index (χ3v) is 4.14. The average Bonchev–Trinajstić information content (AvgIpc) is 2.38. The normalized spacial score (nSPS) is 19.8. The molecule has 2 unspecified atom stereocenters. The molecule has 100 valence electrons. The van der Waals surface area contributed by atoms with E-state index in [1.54, 1.807) is 5.57 Å². The fourth-order valence-corrected chi connectivity index (χ4v) is 2.62. The molecule has 1 N–H and O–H groups in total. The predicted octanol–water partition coefficient (Wildman–Crippen LogP) is 4.68. The van der Waals surface area contributed by atoms with Gasteiger partial charge in [0.1, 0.15) is 0 Å². The molecule has 0 heterocycles. The van der Waals surface area contributed by atoms with Gasteiger partial charge in [0.05, 0.1) is 0 Å². The molecule has 0 spiro atoms. The first-order chi connectivity index (χ1) is 8.26. The molecule has 0 bridgehead atoms. The van der Waals surface area contributed by atoms with Crippen molar-refractivity contribution >= 4 is 0 Å². The Morgan fingerprint density at radius 1 is 1.24 bits per heavy atom. The molecule has 1 rings (SSSR count). The minimum absolute atomic E-state index is 0.731. The molecule has 2 atom stereocenters. The van der Waals surface area contributed by atoms with Gasteiger partial charge in [0.25, 0.3) is 0 Å². The molecule has 0 aromatic carbocycles. The zero-order valence-electron chi connectivity index (χ0n) is 12.1. The van der Waals surface area contributed by atoms with Gasteiger partial charge in [0.15, 0.2) is 0 Å². The van der Waals surface area contributed by atoms with Crippen molar-refractivity contribution in [3.8, 4) is 0 Å². The number of allylic oxidation sites excluding steroid dienone is 1. The molecular weight excluding hydrogens is 206 g/mol. The average molecular weight is 237 g/mol. The van der Waals surface area contributed by atoms with E-state index in [2.05, 4.69) is 32.2 Å². The Labute approximate surface area is 108 Å². The molecule has 0 radical (unpaired) electrons. The van der Waals surface area contributed by atoms with Crippen LogP contribution in [0, 0.1) is 5.92 Å². The van der Waals surface area contributed by atoms with Crippen LogP contribution in [0.2, 0.25) is 0 Å². The van der Waals surface area contributed by atoms with Crippen molar-refractivity contribution in [1.82, 2.24) is 5.32 Å². The largest absolute Gasteiger partial charge is 0.314 e. The van der Waals surface area contributed by atoms with Gasteiger partial charge >= 0.3 is 0 Å². The Hall–Kier alpha value is -0.300. The maximum atomic E-state index is 3.74. The van der Waals surface area contributed by atoms with E-state index in [1.807, 2.05) is 0 Å². The van der Waals surface area contributed by atoms with Crippen LogP contribution >= 0.6 is 0 Å². The zero-order valence-corrected chi connectivity index (χ0v) is 12.1. The third kappa shape index (κ3) is 6.26. The van der Waals surface area contributed by atoms with Crippen LogP contribution in [0.1, 0.15) is 72.1 Å². The smallest absolute Gasteiger partial charge is 0.00670 e. The van der Waals surface area contributed by atoms with E-state index in [1.165, 1.54) is 57.9 Å². The van der Waals surface area contributed by atoms with Gasteiger partial charge in [-0.05, 0) is 57.4 Å². The molecule has 17 heavy (non-hydrogen) atoms. The Morgan fingerprint density at radius 2 is 2.06 bits per heavy atom. The zero-order chi connectivity index (χ0) is 12.5. The van der Waals surface area contributed by atoms with E-state index in [4.69, 9.17) is 0 Å². The summed E-state index contributed by atoms with van der Waals surface area (Å²) < 4.78 is 0. The van der Waals surface area contributed by atoms with Gasteiger partial charge in [0, 0.05) is 6.04 Å². The summed E-state index contributed by atoms with van der Waals surface area (Å²) in [5.74, 6) is 0.862. The fourth-order valence-electron chi connectivity index (χ4n) is 2.62. The van der Waals surface area contributed by atoms with E-state index in [9.17, 15) is 0 Å². The molecule has 0 aromatic rings. The second-order valence-corrected chi connectivity index (χ2v) is 5.67.